The van der Waals surface area contributed by atoms with E-state index in [2.05, 4.69) is 20.0 Å². The molecule has 0 aliphatic rings. The van der Waals surface area contributed by atoms with Crippen LogP contribution in [0.15, 0.2) is 23.7 Å². The van der Waals surface area contributed by atoms with Crippen LogP contribution in [0.2, 0.25) is 0 Å². The first-order valence-corrected chi connectivity index (χ1v) is 9.45. The zero-order valence-corrected chi connectivity index (χ0v) is 15.6. The third-order valence-electron chi connectivity index (χ3n) is 3.42. The Hall–Kier alpha value is -3.16. The average Bonchev–Trinajstić information content (AvgIpc) is 3.27. The number of pyridine rings is 1. The van der Waals surface area contributed by atoms with Gasteiger partial charge in [-0.15, -0.1) is 11.3 Å². The van der Waals surface area contributed by atoms with Crippen LogP contribution >= 0.6 is 22.7 Å². The minimum Gasteiger partial charge on any atom is -0.450 e. The van der Waals surface area contributed by atoms with Gasteiger partial charge in [0.2, 0.25) is 0 Å². The molecule has 3 rings (SSSR count). The van der Waals surface area contributed by atoms with Crippen LogP contribution in [0.3, 0.4) is 0 Å². The molecule has 3 heterocycles. The van der Waals surface area contributed by atoms with E-state index in [1.54, 1.807) is 24.4 Å². The molecule has 0 saturated carbocycles. The Morgan fingerprint density at radius 3 is 2.93 bits per heavy atom. The summed E-state index contributed by atoms with van der Waals surface area (Å²) in [5, 5.41) is 12.9. The molecule has 1 N–H and O–H groups in total. The molecule has 0 unspecified atom stereocenters. The summed E-state index contributed by atoms with van der Waals surface area (Å²) in [6.07, 6.45) is 0.552. The highest BCUT2D eigenvalue weighted by Crippen LogP contribution is 2.24. The molecule has 0 fully saturated rings. The van der Waals surface area contributed by atoms with E-state index in [1.165, 1.54) is 17.5 Å². The maximum absolute atomic E-state index is 12.6. The molecule has 0 spiro atoms. The molecule has 0 bridgehead atoms. The third-order valence-corrected chi connectivity index (χ3v) is 5.36. The summed E-state index contributed by atoms with van der Waals surface area (Å²) in [5.41, 5.74) is 1.09. The van der Waals surface area contributed by atoms with Crippen molar-refractivity contribution in [3.63, 3.8) is 0 Å². The average molecular weight is 400 g/mol. The Morgan fingerprint density at radius 1 is 1.37 bits per heavy atom. The molecule has 27 heavy (non-hydrogen) atoms. The molecule has 0 atom stereocenters. The maximum atomic E-state index is 12.6. The van der Waals surface area contributed by atoms with Gasteiger partial charge in [-0.2, -0.15) is 5.26 Å². The lowest BCUT2D eigenvalue weighted by Gasteiger charge is -2.04. The molecule has 136 valence electrons. The number of nitriles is 1. The van der Waals surface area contributed by atoms with E-state index >= 15 is 0 Å². The predicted molar refractivity (Wildman–Crippen MR) is 99.0 cm³/mol. The van der Waals surface area contributed by atoms with Crippen molar-refractivity contribution in [1.29, 1.82) is 5.26 Å². The minimum absolute atomic E-state index is 0.0336. The number of thiophene rings is 1. The number of rotatable bonds is 5. The fourth-order valence-electron chi connectivity index (χ4n) is 2.23. The molecule has 0 aromatic carbocycles. The van der Waals surface area contributed by atoms with Crippen molar-refractivity contribution in [3.8, 4) is 6.07 Å². The van der Waals surface area contributed by atoms with E-state index in [1.807, 2.05) is 6.07 Å². The first-order chi connectivity index (χ1) is 13.0. The van der Waals surface area contributed by atoms with Crippen LogP contribution in [-0.4, -0.2) is 34.4 Å². The second kappa shape index (κ2) is 8.03. The highest BCUT2D eigenvalue weighted by atomic mass is 32.1. The predicted octanol–water partition coefficient (Wildman–Crippen LogP) is 2.94. The summed E-state index contributed by atoms with van der Waals surface area (Å²) in [5.74, 6) is -0.897. The Labute approximate surface area is 161 Å². The van der Waals surface area contributed by atoms with E-state index in [0.29, 0.717) is 20.8 Å². The lowest BCUT2D eigenvalue weighted by molar-refractivity contribution is 0.0925. The first-order valence-electron chi connectivity index (χ1n) is 7.76. The van der Waals surface area contributed by atoms with Crippen LogP contribution < -0.4 is 5.32 Å². The van der Waals surface area contributed by atoms with Crippen molar-refractivity contribution >= 4 is 50.8 Å². The Bertz CT molecular complexity index is 1080. The smallest absolute Gasteiger partial charge is 0.414 e. The summed E-state index contributed by atoms with van der Waals surface area (Å²) >= 11 is 2.37. The van der Waals surface area contributed by atoms with Gasteiger partial charge in [0.05, 0.1) is 17.7 Å². The van der Waals surface area contributed by atoms with Crippen LogP contribution in [0.4, 0.5) is 4.79 Å². The molecule has 0 aliphatic heterocycles. The van der Waals surface area contributed by atoms with Crippen molar-refractivity contribution < 1.29 is 19.1 Å². The summed E-state index contributed by atoms with van der Waals surface area (Å²) in [6, 6.07) is 5.09. The number of fused-ring (bicyclic) bond motifs is 1. The summed E-state index contributed by atoms with van der Waals surface area (Å²) in [6.45, 7) is 1.78. The Kier molecular flexibility index (Phi) is 5.54. The number of imide groups is 1. The number of carbonyl (C=O) groups is 3. The van der Waals surface area contributed by atoms with E-state index in [4.69, 9.17) is 5.26 Å². The highest BCUT2D eigenvalue weighted by Gasteiger charge is 2.20. The number of alkyl carbamates (subject to hydrolysis) is 1. The van der Waals surface area contributed by atoms with Crippen molar-refractivity contribution in [3.05, 3.63) is 44.7 Å². The molecule has 0 radical (unpaired) electrons. The number of Topliss-reactive ketones (excluding diaryl/α,β-unsaturated/α-hetero) is 1. The lowest BCUT2D eigenvalue weighted by Crippen LogP contribution is -2.31. The number of hydrogen-bond acceptors (Lipinski definition) is 9. The minimum atomic E-state index is -0.837. The molecule has 0 saturated heterocycles. The number of ketones is 1. The van der Waals surface area contributed by atoms with Crippen molar-refractivity contribution in [2.75, 3.05) is 6.61 Å². The maximum Gasteiger partial charge on any atom is 0.414 e. The van der Waals surface area contributed by atoms with Gasteiger partial charge in [0.15, 0.2) is 10.8 Å². The zero-order valence-electron chi connectivity index (χ0n) is 14.0. The van der Waals surface area contributed by atoms with Gasteiger partial charge in [0.25, 0.3) is 5.91 Å². The zero-order chi connectivity index (χ0) is 19.4. The largest absolute Gasteiger partial charge is 0.450 e. The van der Waals surface area contributed by atoms with Crippen LogP contribution in [0, 0.1) is 11.3 Å². The van der Waals surface area contributed by atoms with Gasteiger partial charge in [0, 0.05) is 17.5 Å². The van der Waals surface area contributed by atoms with E-state index < -0.39 is 12.0 Å². The fraction of sp³-hybridized carbons (Fsp3) is 0.176. The SMILES string of the molecule is CCOC(=O)NC(=O)c1ccsc1CC(=O)c1nc2cc(C#N)cnc2s1. The highest BCUT2D eigenvalue weighted by molar-refractivity contribution is 7.20. The molecular weight excluding hydrogens is 388 g/mol. The second-order valence-electron chi connectivity index (χ2n) is 5.21. The summed E-state index contributed by atoms with van der Waals surface area (Å²) in [7, 11) is 0. The number of hydrogen-bond donors (Lipinski definition) is 1. The van der Waals surface area contributed by atoms with E-state index in [9.17, 15) is 14.4 Å². The number of nitrogens with zero attached hydrogens (tertiary/aromatic N) is 3. The second-order valence-corrected chi connectivity index (χ2v) is 7.19. The van der Waals surface area contributed by atoms with Crippen LogP contribution in [0.1, 0.15) is 37.5 Å². The van der Waals surface area contributed by atoms with Gasteiger partial charge in [-0.25, -0.2) is 14.8 Å². The van der Waals surface area contributed by atoms with Gasteiger partial charge >= 0.3 is 6.09 Å². The van der Waals surface area contributed by atoms with Gasteiger partial charge in [-0.1, -0.05) is 11.3 Å². The van der Waals surface area contributed by atoms with Crippen molar-refractivity contribution in [1.82, 2.24) is 15.3 Å². The van der Waals surface area contributed by atoms with Crippen molar-refractivity contribution in [2.45, 2.75) is 13.3 Å². The normalized spacial score (nSPS) is 10.4. The lowest BCUT2D eigenvalue weighted by atomic mass is 10.1. The first kappa shape index (κ1) is 18.6. The molecular formula is C17H12N4O4S2. The molecule has 8 nitrogen and oxygen atoms in total. The molecule has 2 amide bonds. The third kappa shape index (κ3) is 4.16. The molecule has 3 aromatic rings. The standard InChI is InChI=1S/C17H12N4O4S2/c1-2-25-17(24)21-14(23)10-3-4-26-13(10)6-12(22)16-20-11-5-9(7-18)8-19-15(11)27-16/h3-5,8H,2,6H2,1H3,(H,21,23,24). The number of carbonyl (C=O) groups excluding carboxylic acids is 3. The number of nitrogens with one attached hydrogen (secondary N) is 1. The topological polar surface area (TPSA) is 122 Å². The van der Waals surface area contributed by atoms with Gasteiger partial charge < -0.3 is 4.74 Å². The van der Waals surface area contributed by atoms with E-state index in [0.717, 1.165) is 11.3 Å². The monoisotopic (exact) mass is 400 g/mol. The Morgan fingerprint density at radius 2 is 2.19 bits per heavy atom. The molecule has 10 heteroatoms. The van der Waals surface area contributed by atoms with Gasteiger partial charge in [-0.3, -0.25) is 14.9 Å². The van der Waals surface area contributed by atoms with Crippen LogP contribution in [0.25, 0.3) is 10.3 Å². The Balaban J connectivity index is 1.77. The quantitative estimate of drug-likeness (QED) is 0.653. The van der Waals surface area contributed by atoms with Crippen LogP contribution in [-0.2, 0) is 11.2 Å². The molecule has 3 aromatic heterocycles. The number of amides is 2. The molecule has 0 aliphatic carbocycles. The van der Waals surface area contributed by atoms with Crippen LogP contribution in [0.5, 0.6) is 0 Å². The summed E-state index contributed by atoms with van der Waals surface area (Å²) < 4.78 is 4.68. The van der Waals surface area contributed by atoms with E-state index in [-0.39, 0.29) is 29.4 Å². The number of aromatic nitrogens is 2. The fourth-order valence-corrected chi connectivity index (χ4v) is 3.93. The summed E-state index contributed by atoms with van der Waals surface area (Å²) in [4.78, 5) is 45.6. The number of thiazole rings is 1. The van der Waals surface area contributed by atoms with Crippen molar-refractivity contribution in [2.24, 2.45) is 0 Å². The van der Waals surface area contributed by atoms with Gasteiger partial charge in [0.1, 0.15) is 16.4 Å². The number of ether oxygens (including phenoxy) is 1. The van der Waals surface area contributed by atoms with Gasteiger partial charge in [-0.05, 0) is 24.4 Å².